The fraction of sp³-hybridized carbons (Fsp3) is 0.519. The molecule has 1 saturated heterocycles. The van der Waals surface area contributed by atoms with Crippen LogP contribution in [0.2, 0.25) is 0 Å². The van der Waals surface area contributed by atoms with Crippen LogP contribution in [0.1, 0.15) is 42.4 Å². The predicted molar refractivity (Wildman–Crippen MR) is 122 cm³/mol. The van der Waals surface area contributed by atoms with Crippen LogP contribution >= 0.6 is 0 Å². The summed E-state index contributed by atoms with van der Waals surface area (Å²) in [5.74, 6) is 3.12. The Hall–Kier alpha value is -2.53. The van der Waals surface area contributed by atoms with Crippen molar-refractivity contribution in [2.75, 3.05) is 27.3 Å². The van der Waals surface area contributed by atoms with Crippen molar-refractivity contribution in [3.05, 3.63) is 53.1 Å². The Kier molecular flexibility index (Phi) is 4.72. The number of methoxy groups -OCH3 is 1. The van der Waals surface area contributed by atoms with Crippen molar-refractivity contribution >= 4 is 5.78 Å². The number of likely N-dealkylation sites (tertiary alicyclic amines) is 1. The van der Waals surface area contributed by atoms with E-state index in [-0.39, 0.29) is 17.3 Å². The molecule has 32 heavy (non-hydrogen) atoms. The average Bonchev–Trinajstić information content (AvgIpc) is 3.17. The number of piperidine rings is 1. The standard InChI is InChI=1S/C27H31NO4/c1-28-13-12-27-19-10-11-21(29)26(27)32-25-23(30-2)16-22(18(24(25)27)15-20(19)28)31-14-6-9-17-7-4-3-5-8-17/h3-5,7-8,16,19-20,26H,6,9-15H2,1-2H3/t19-,20+,26-,27-/m0/s1. The lowest BCUT2D eigenvalue weighted by Gasteiger charge is -2.57. The normalized spacial score (nSPS) is 29.9. The number of ketones is 1. The lowest BCUT2D eigenvalue weighted by Crippen LogP contribution is -2.65. The van der Waals surface area contributed by atoms with Gasteiger partial charge in [-0.25, -0.2) is 0 Å². The second-order valence-corrected chi connectivity index (χ2v) is 9.85. The fourth-order valence-corrected chi connectivity index (χ4v) is 6.94. The Morgan fingerprint density at radius 3 is 2.88 bits per heavy atom. The van der Waals surface area contributed by atoms with Gasteiger partial charge >= 0.3 is 0 Å². The summed E-state index contributed by atoms with van der Waals surface area (Å²) in [5, 5.41) is 0. The number of rotatable bonds is 6. The lowest BCUT2D eigenvalue weighted by molar-refractivity contribution is -0.138. The molecule has 2 aromatic rings. The minimum atomic E-state index is -0.367. The highest BCUT2D eigenvalue weighted by molar-refractivity contribution is 5.89. The van der Waals surface area contributed by atoms with Gasteiger partial charge in [-0.1, -0.05) is 30.3 Å². The molecule has 0 N–H and O–H groups in total. The van der Waals surface area contributed by atoms with Gasteiger partial charge in [0.25, 0.3) is 0 Å². The highest BCUT2D eigenvalue weighted by Crippen LogP contribution is 2.64. The summed E-state index contributed by atoms with van der Waals surface area (Å²) < 4.78 is 18.6. The number of ether oxygens (including phenoxy) is 3. The first-order valence-electron chi connectivity index (χ1n) is 11.9. The highest BCUT2D eigenvalue weighted by atomic mass is 16.5. The molecule has 0 radical (unpaired) electrons. The summed E-state index contributed by atoms with van der Waals surface area (Å²) in [5.41, 5.74) is 3.58. The van der Waals surface area contributed by atoms with Crippen LogP contribution < -0.4 is 14.2 Å². The van der Waals surface area contributed by atoms with E-state index in [0.717, 1.165) is 50.1 Å². The van der Waals surface area contributed by atoms with Gasteiger partial charge in [0.15, 0.2) is 23.4 Å². The molecule has 2 aromatic carbocycles. The molecule has 2 aliphatic carbocycles. The molecule has 4 aliphatic rings. The molecule has 2 aliphatic heterocycles. The molecule has 2 fully saturated rings. The van der Waals surface area contributed by atoms with E-state index >= 15 is 0 Å². The maximum atomic E-state index is 13.0. The third-order valence-corrected chi connectivity index (χ3v) is 8.39. The molecule has 1 spiro atoms. The van der Waals surface area contributed by atoms with E-state index in [1.807, 2.05) is 12.1 Å². The van der Waals surface area contributed by atoms with Gasteiger partial charge in [0.2, 0.25) is 0 Å². The molecule has 4 atom stereocenters. The maximum absolute atomic E-state index is 13.0. The number of nitrogens with zero attached hydrogens (tertiary/aromatic N) is 1. The number of carbonyl (C=O) groups excluding carboxylic acids is 1. The molecule has 168 valence electrons. The first-order chi connectivity index (χ1) is 15.6. The van der Waals surface area contributed by atoms with Gasteiger partial charge in [0.05, 0.1) is 13.7 Å². The summed E-state index contributed by atoms with van der Waals surface area (Å²) >= 11 is 0. The molecule has 0 amide bonds. The summed E-state index contributed by atoms with van der Waals surface area (Å²) in [6, 6.07) is 13.0. The van der Waals surface area contributed by atoms with Gasteiger partial charge in [-0.05, 0) is 57.2 Å². The minimum Gasteiger partial charge on any atom is -0.493 e. The summed E-state index contributed by atoms with van der Waals surface area (Å²) in [6.45, 7) is 1.65. The Labute approximate surface area is 189 Å². The van der Waals surface area contributed by atoms with Crippen molar-refractivity contribution in [2.24, 2.45) is 5.92 Å². The van der Waals surface area contributed by atoms with Crippen LogP contribution in [0.3, 0.4) is 0 Å². The molecular formula is C27H31NO4. The quantitative estimate of drug-likeness (QED) is 0.646. The second-order valence-electron chi connectivity index (χ2n) is 9.85. The van der Waals surface area contributed by atoms with Crippen molar-refractivity contribution in [1.82, 2.24) is 4.90 Å². The number of hydrogen-bond acceptors (Lipinski definition) is 5. The largest absolute Gasteiger partial charge is 0.493 e. The van der Waals surface area contributed by atoms with Crippen molar-refractivity contribution in [3.8, 4) is 17.2 Å². The average molecular weight is 434 g/mol. The van der Waals surface area contributed by atoms with Gasteiger partial charge in [0, 0.05) is 35.1 Å². The molecule has 5 heteroatoms. The predicted octanol–water partition coefficient (Wildman–Crippen LogP) is 3.94. The molecular weight excluding hydrogens is 402 g/mol. The van der Waals surface area contributed by atoms with Gasteiger partial charge < -0.3 is 19.1 Å². The number of Topliss-reactive ketones (excluding diaryl/α,β-unsaturated/α-hetero) is 1. The molecule has 0 unspecified atom stereocenters. The van der Waals surface area contributed by atoms with E-state index < -0.39 is 0 Å². The summed E-state index contributed by atoms with van der Waals surface area (Å²) in [7, 11) is 3.91. The molecule has 5 nitrogen and oxygen atoms in total. The first kappa shape index (κ1) is 20.1. The van der Waals surface area contributed by atoms with Crippen LogP contribution in [0.25, 0.3) is 0 Å². The van der Waals surface area contributed by atoms with Crippen molar-refractivity contribution in [2.45, 2.75) is 56.1 Å². The van der Waals surface area contributed by atoms with E-state index in [0.29, 0.717) is 30.7 Å². The second kappa shape index (κ2) is 7.51. The number of carbonyl (C=O) groups is 1. The van der Waals surface area contributed by atoms with Crippen LogP contribution in [-0.2, 0) is 23.1 Å². The lowest BCUT2D eigenvalue weighted by atomic mass is 9.51. The zero-order valence-electron chi connectivity index (χ0n) is 18.9. The highest BCUT2D eigenvalue weighted by Gasteiger charge is 2.66. The maximum Gasteiger partial charge on any atom is 0.174 e. The number of benzene rings is 2. The first-order valence-corrected chi connectivity index (χ1v) is 11.9. The summed E-state index contributed by atoms with van der Waals surface area (Å²) in [6.07, 6.45) is 5.07. The number of hydrogen-bond donors (Lipinski definition) is 0. The van der Waals surface area contributed by atoms with Gasteiger partial charge in [0.1, 0.15) is 5.75 Å². The van der Waals surface area contributed by atoms with E-state index in [1.165, 1.54) is 16.7 Å². The Morgan fingerprint density at radius 1 is 1.22 bits per heavy atom. The van der Waals surface area contributed by atoms with Gasteiger partial charge in [-0.15, -0.1) is 0 Å². The van der Waals surface area contributed by atoms with E-state index in [1.54, 1.807) is 7.11 Å². The third kappa shape index (κ3) is 2.76. The third-order valence-electron chi connectivity index (χ3n) is 8.39. The fourth-order valence-electron chi connectivity index (χ4n) is 6.94. The zero-order valence-corrected chi connectivity index (χ0v) is 18.9. The van der Waals surface area contributed by atoms with Crippen LogP contribution in [0.15, 0.2) is 36.4 Å². The monoisotopic (exact) mass is 433 g/mol. The topological polar surface area (TPSA) is 48.0 Å². The molecule has 6 rings (SSSR count). The Bertz CT molecular complexity index is 1050. The van der Waals surface area contributed by atoms with Crippen LogP contribution in [-0.4, -0.2) is 50.1 Å². The SMILES string of the molecule is COc1cc(OCCCc2ccccc2)c2c3c1O[C@H]1C(=O)CC[C@H]4[C@@H](C2)N(C)CC[C@]314. The smallest absolute Gasteiger partial charge is 0.174 e. The Balaban J connectivity index is 1.36. The zero-order chi connectivity index (χ0) is 21.9. The number of likely N-dealkylation sites (N-methyl/N-ethyl adjacent to an activating group) is 1. The van der Waals surface area contributed by atoms with Gasteiger partial charge in [-0.2, -0.15) is 0 Å². The van der Waals surface area contributed by atoms with Gasteiger partial charge in [-0.3, -0.25) is 4.79 Å². The molecule has 2 bridgehead atoms. The summed E-state index contributed by atoms with van der Waals surface area (Å²) in [4.78, 5) is 15.5. The van der Waals surface area contributed by atoms with Crippen molar-refractivity contribution < 1.29 is 19.0 Å². The molecule has 0 aromatic heterocycles. The minimum absolute atomic E-state index is 0.216. The van der Waals surface area contributed by atoms with Crippen LogP contribution in [0, 0.1) is 5.92 Å². The Morgan fingerprint density at radius 2 is 2.06 bits per heavy atom. The molecule has 1 saturated carbocycles. The molecule has 2 heterocycles. The van der Waals surface area contributed by atoms with E-state index in [9.17, 15) is 4.79 Å². The van der Waals surface area contributed by atoms with E-state index in [4.69, 9.17) is 14.2 Å². The van der Waals surface area contributed by atoms with Crippen LogP contribution in [0.5, 0.6) is 17.2 Å². The van der Waals surface area contributed by atoms with Crippen molar-refractivity contribution in [3.63, 3.8) is 0 Å². The van der Waals surface area contributed by atoms with Crippen molar-refractivity contribution in [1.29, 1.82) is 0 Å². The number of aryl methyl sites for hydroxylation is 1. The van der Waals surface area contributed by atoms with E-state index in [2.05, 4.69) is 36.2 Å². The van der Waals surface area contributed by atoms with Crippen LogP contribution in [0.4, 0.5) is 0 Å².